The lowest BCUT2D eigenvalue weighted by atomic mass is 10.3. The number of aromatic hydroxyl groups is 1. The van der Waals surface area contributed by atoms with Gasteiger partial charge in [0.2, 0.25) is 10.0 Å². The summed E-state index contributed by atoms with van der Waals surface area (Å²) >= 11 is 5.64. The number of hydrogen-bond donors (Lipinski definition) is 2. The van der Waals surface area contributed by atoms with Crippen molar-refractivity contribution < 1.29 is 13.5 Å². The minimum absolute atomic E-state index is 0.00899. The summed E-state index contributed by atoms with van der Waals surface area (Å²) in [5, 5.41) is 9.83. The second kappa shape index (κ2) is 4.93. The van der Waals surface area contributed by atoms with Crippen LogP contribution < -0.4 is 4.72 Å². The molecular weight excluding hydrogens is 250 g/mol. The lowest BCUT2D eigenvalue weighted by Crippen LogP contribution is -2.20. The Morgan fingerprint density at radius 3 is 2.56 bits per heavy atom. The van der Waals surface area contributed by atoms with Crippen LogP contribution in [0.15, 0.2) is 18.2 Å². The lowest BCUT2D eigenvalue weighted by molar-refractivity contribution is 0.477. The van der Waals surface area contributed by atoms with Crippen molar-refractivity contribution in [3.05, 3.63) is 23.2 Å². The smallest absolute Gasteiger partial charge is 0.233 e. The number of nitrogens with one attached hydrogen (secondary N) is 1. The summed E-state index contributed by atoms with van der Waals surface area (Å²) in [4.78, 5) is 0. The fourth-order valence-electron chi connectivity index (χ4n) is 1.24. The van der Waals surface area contributed by atoms with E-state index in [9.17, 15) is 13.5 Å². The Balaban J connectivity index is 2.88. The van der Waals surface area contributed by atoms with E-state index in [2.05, 4.69) is 4.72 Å². The first-order chi connectivity index (χ1) is 7.30. The van der Waals surface area contributed by atoms with E-state index in [0.717, 1.165) is 0 Å². The number of sulfonamides is 1. The molecule has 4 nitrogen and oxygen atoms in total. The van der Waals surface area contributed by atoms with Gasteiger partial charge in [0.05, 0.1) is 11.4 Å². The highest BCUT2D eigenvalue weighted by Crippen LogP contribution is 2.27. The monoisotopic (exact) mass is 263 g/mol. The summed E-state index contributed by atoms with van der Waals surface area (Å²) < 4.78 is 25.5. The molecule has 0 atom stereocenters. The Morgan fingerprint density at radius 2 is 2.06 bits per heavy atom. The van der Waals surface area contributed by atoms with E-state index in [1.807, 2.05) is 0 Å². The highest BCUT2D eigenvalue weighted by Gasteiger charge is 2.14. The maximum Gasteiger partial charge on any atom is 0.233 e. The number of halogens is 1. The molecule has 0 aliphatic rings. The Kier molecular flexibility index (Phi) is 4.04. The van der Waals surface area contributed by atoms with Gasteiger partial charge in [-0.25, -0.2) is 8.42 Å². The third kappa shape index (κ3) is 3.90. The molecule has 0 aliphatic carbocycles. The third-order valence-electron chi connectivity index (χ3n) is 1.78. The van der Waals surface area contributed by atoms with E-state index in [0.29, 0.717) is 5.02 Å². The number of benzene rings is 1. The summed E-state index contributed by atoms with van der Waals surface area (Å²) in [5.74, 6) is -0.151. The van der Waals surface area contributed by atoms with Crippen LogP contribution in [0.2, 0.25) is 5.02 Å². The predicted octanol–water partition coefficient (Wildman–Crippen LogP) is 2.44. The van der Waals surface area contributed by atoms with E-state index < -0.39 is 10.0 Å². The van der Waals surface area contributed by atoms with Gasteiger partial charge in [0.1, 0.15) is 5.75 Å². The molecule has 0 radical (unpaired) electrons. The van der Waals surface area contributed by atoms with Gasteiger partial charge in [-0.2, -0.15) is 0 Å². The van der Waals surface area contributed by atoms with E-state index in [1.54, 1.807) is 13.8 Å². The molecular formula is C10H14ClNO3S. The van der Waals surface area contributed by atoms with Crippen molar-refractivity contribution in [2.45, 2.75) is 13.8 Å². The van der Waals surface area contributed by atoms with Gasteiger partial charge < -0.3 is 5.11 Å². The van der Waals surface area contributed by atoms with Gasteiger partial charge in [-0.3, -0.25) is 4.72 Å². The molecule has 0 amide bonds. The van der Waals surface area contributed by atoms with Gasteiger partial charge in [-0.15, -0.1) is 0 Å². The van der Waals surface area contributed by atoms with Crippen LogP contribution in [0, 0.1) is 5.92 Å². The van der Waals surface area contributed by atoms with Crippen molar-refractivity contribution >= 4 is 27.3 Å². The zero-order valence-electron chi connectivity index (χ0n) is 9.07. The van der Waals surface area contributed by atoms with Gasteiger partial charge in [-0.1, -0.05) is 25.4 Å². The second-order valence-electron chi connectivity index (χ2n) is 3.94. The third-order valence-corrected chi connectivity index (χ3v) is 3.65. The Hall–Kier alpha value is -0.940. The van der Waals surface area contributed by atoms with Gasteiger partial charge in [0.25, 0.3) is 0 Å². The minimum atomic E-state index is -3.42. The van der Waals surface area contributed by atoms with Crippen LogP contribution in [0.5, 0.6) is 5.75 Å². The van der Waals surface area contributed by atoms with Crippen LogP contribution in [0.4, 0.5) is 5.69 Å². The fraction of sp³-hybridized carbons (Fsp3) is 0.400. The molecule has 0 heterocycles. The average molecular weight is 264 g/mol. The molecule has 1 aromatic rings. The molecule has 16 heavy (non-hydrogen) atoms. The molecule has 0 fully saturated rings. The SMILES string of the molecule is CC(C)CS(=O)(=O)Nc1ccc(Cl)cc1O. The normalized spacial score (nSPS) is 11.8. The predicted molar refractivity (Wildman–Crippen MR) is 65.4 cm³/mol. The van der Waals surface area contributed by atoms with Gasteiger partial charge in [0.15, 0.2) is 0 Å². The molecule has 0 aliphatic heterocycles. The summed E-state index contributed by atoms with van der Waals surface area (Å²) in [5.41, 5.74) is 0.144. The van der Waals surface area contributed by atoms with Gasteiger partial charge in [-0.05, 0) is 18.1 Å². The number of phenols is 1. The quantitative estimate of drug-likeness (QED) is 0.820. The molecule has 1 aromatic carbocycles. The zero-order valence-corrected chi connectivity index (χ0v) is 10.6. The highest BCUT2D eigenvalue weighted by atomic mass is 35.5. The Bertz CT molecular complexity index is 471. The van der Waals surface area contributed by atoms with E-state index in [1.165, 1.54) is 18.2 Å². The summed E-state index contributed by atoms with van der Waals surface area (Å²) in [7, 11) is -3.42. The Labute approximate surface area is 100 Å². The molecule has 0 saturated heterocycles. The molecule has 0 unspecified atom stereocenters. The van der Waals surface area contributed by atoms with Crippen LogP contribution in [-0.4, -0.2) is 19.3 Å². The second-order valence-corrected chi connectivity index (χ2v) is 6.14. The van der Waals surface area contributed by atoms with E-state index >= 15 is 0 Å². The first-order valence-electron chi connectivity index (χ1n) is 4.79. The lowest BCUT2D eigenvalue weighted by Gasteiger charge is -2.11. The van der Waals surface area contributed by atoms with Gasteiger partial charge >= 0.3 is 0 Å². The first-order valence-corrected chi connectivity index (χ1v) is 6.82. The fourth-order valence-corrected chi connectivity index (χ4v) is 2.87. The Morgan fingerprint density at radius 1 is 1.44 bits per heavy atom. The molecule has 2 N–H and O–H groups in total. The van der Waals surface area contributed by atoms with Crippen LogP contribution in [0.3, 0.4) is 0 Å². The van der Waals surface area contributed by atoms with Crippen molar-refractivity contribution in [1.82, 2.24) is 0 Å². The zero-order chi connectivity index (χ0) is 12.3. The standard InChI is InChI=1S/C10H14ClNO3S/c1-7(2)6-16(14,15)12-9-4-3-8(11)5-10(9)13/h3-5,7,12-13H,6H2,1-2H3. The van der Waals surface area contributed by atoms with Crippen molar-refractivity contribution in [3.8, 4) is 5.75 Å². The topological polar surface area (TPSA) is 66.4 Å². The number of anilines is 1. The number of rotatable bonds is 4. The molecule has 90 valence electrons. The maximum atomic E-state index is 11.6. The van der Waals surface area contributed by atoms with Crippen molar-refractivity contribution in [2.24, 2.45) is 5.92 Å². The van der Waals surface area contributed by atoms with E-state index in [4.69, 9.17) is 11.6 Å². The molecule has 0 aromatic heterocycles. The number of hydrogen-bond acceptors (Lipinski definition) is 3. The minimum Gasteiger partial charge on any atom is -0.506 e. The van der Waals surface area contributed by atoms with Crippen molar-refractivity contribution in [3.63, 3.8) is 0 Å². The van der Waals surface area contributed by atoms with Crippen LogP contribution in [-0.2, 0) is 10.0 Å². The van der Waals surface area contributed by atoms with Crippen LogP contribution in [0.1, 0.15) is 13.8 Å². The van der Waals surface area contributed by atoms with Crippen LogP contribution in [0.25, 0.3) is 0 Å². The summed E-state index contributed by atoms with van der Waals surface area (Å²) in [6, 6.07) is 4.22. The number of phenolic OH excluding ortho intramolecular Hbond substituents is 1. The highest BCUT2D eigenvalue weighted by molar-refractivity contribution is 7.92. The molecule has 0 saturated carbocycles. The van der Waals surface area contributed by atoms with Crippen molar-refractivity contribution in [2.75, 3.05) is 10.5 Å². The summed E-state index contributed by atoms with van der Waals surface area (Å²) in [6.07, 6.45) is 0. The van der Waals surface area contributed by atoms with Gasteiger partial charge in [0, 0.05) is 11.1 Å². The largest absolute Gasteiger partial charge is 0.506 e. The summed E-state index contributed by atoms with van der Waals surface area (Å²) in [6.45, 7) is 3.61. The molecule has 1 rings (SSSR count). The van der Waals surface area contributed by atoms with Crippen LogP contribution >= 0.6 is 11.6 Å². The molecule has 6 heteroatoms. The first kappa shape index (κ1) is 13.1. The average Bonchev–Trinajstić information content (AvgIpc) is 2.07. The molecule has 0 bridgehead atoms. The molecule has 0 spiro atoms. The van der Waals surface area contributed by atoms with E-state index in [-0.39, 0.29) is 23.1 Å². The van der Waals surface area contributed by atoms with Crippen molar-refractivity contribution in [1.29, 1.82) is 0 Å². The maximum absolute atomic E-state index is 11.6.